The third-order valence-electron chi connectivity index (χ3n) is 3.91. The Kier molecular flexibility index (Phi) is 4.95. The summed E-state index contributed by atoms with van der Waals surface area (Å²) in [6.07, 6.45) is 6.54. The highest BCUT2D eigenvalue weighted by Crippen LogP contribution is 2.29. The molecule has 0 bridgehead atoms. The average molecular weight is 300 g/mol. The van der Waals surface area contributed by atoms with E-state index in [2.05, 4.69) is 9.71 Å². The first-order valence-electron chi connectivity index (χ1n) is 6.82. The highest BCUT2D eigenvalue weighted by Gasteiger charge is 2.26. The van der Waals surface area contributed by atoms with E-state index in [0.29, 0.717) is 0 Å². The molecule has 0 aromatic carbocycles. The van der Waals surface area contributed by atoms with Crippen LogP contribution in [0.25, 0.3) is 0 Å². The van der Waals surface area contributed by atoms with Crippen molar-refractivity contribution < 1.29 is 13.5 Å². The lowest BCUT2D eigenvalue weighted by Gasteiger charge is -2.30. The SMILES string of the molecule is O=c1cc[nH]cc1S(=O)(=O)NCC1CCCCC1CO. The van der Waals surface area contributed by atoms with E-state index >= 15 is 0 Å². The van der Waals surface area contributed by atoms with E-state index in [0.717, 1.165) is 25.7 Å². The predicted molar refractivity (Wildman–Crippen MR) is 74.8 cm³/mol. The second-order valence-electron chi connectivity index (χ2n) is 5.21. The van der Waals surface area contributed by atoms with Crippen LogP contribution in [0.4, 0.5) is 0 Å². The molecule has 1 heterocycles. The summed E-state index contributed by atoms with van der Waals surface area (Å²) in [6.45, 7) is 0.347. The third kappa shape index (κ3) is 3.47. The van der Waals surface area contributed by atoms with E-state index in [4.69, 9.17) is 0 Å². The molecule has 20 heavy (non-hydrogen) atoms. The maximum absolute atomic E-state index is 12.1. The van der Waals surface area contributed by atoms with Gasteiger partial charge in [0.05, 0.1) is 0 Å². The summed E-state index contributed by atoms with van der Waals surface area (Å²) in [6, 6.07) is 1.19. The zero-order chi connectivity index (χ0) is 14.6. The summed E-state index contributed by atoms with van der Waals surface area (Å²) in [5, 5.41) is 9.32. The molecule has 0 saturated heterocycles. The van der Waals surface area contributed by atoms with Gasteiger partial charge in [-0.25, -0.2) is 13.1 Å². The zero-order valence-electron chi connectivity index (χ0n) is 11.2. The molecule has 1 saturated carbocycles. The van der Waals surface area contributed by atoms with Crippen molar-refractivity contribution in [3.05, 3.63) is 28.7 Å². The molecule has 2 unspecified atom stereocenters. The molecule has 3 N–H and O–H groups in total. The van der Waals surface area contributed by atoms with Gasteiger partial charge in [0.2, 0.25) is 15.5 Å². The highest BCUT2D eigenvalue weighted by molar-refractivity contribution is 7.89. The van der Waals surface area contributed by atoms with Crippen molar-refractivity contribution in [2.45, 2.75) is 30.6 Å². The molecule has 0 spiro atoms. The Morgan fingerprint density at radius 3 is 2.65 bits per heavy atom. The molecule has 2 atom stereocenters. The third-order valence-corrected chi connectivity index (χ3v) is 5.36. The smallest absolute Gasteiger partial charge is 0.245 e. The van der Waals surface area contributed by atoms with Crippen LogP contribution in [0.15, 0.2) is 28.2 Å². The summed E-state index contributed by atoms with van der Waals surface area (Å²) in [5.41, 5.74) is -0.529. The second kappa shape index (κ2) is 6.51. The van der Waals surface area contributed by atoms with E-state index in [9.17, 15) is 18.3 Å². The van der Waals surface area contributed by atoms with Crippen molar-refractivity contribution in [2.24, 2.45) is 11.8 Å². The Hall–Kier alpha value is -1.18. The molecular weight excluding hydrogens is 280 g/mol. The van der Waals surface area contributed by atoms with Gasteiger partial charge in [-0.15, -0.1) is 0 Å². The van der Waals surface area contributed by atoms with Gasteiger partial charge in [-0.05, 0) is 24.7 Å². The van der Waals surface area contributed by atoms with Crippen LogP contribution in [0.5, 0.6) is 0 Å². The maximum atomic E-state index is 12.1. The molecule has 1 aromatic rings. The normalized spacial score (nSPS) is 23.6. The first kappa shape index (κ1) is 15.2. The summed E-state index contributed by atoms with van der Waals surface area (Å²) in [7, 11) is -3.80. The van der Waals surface area contributed by atoms with Crippen molar-refractivity contribution in [2.75, 3.05) is 13.2 Å². The van der Waals surface area contributed by atoms with Crippen LogP contribution in [-0.2, 0) is 10.0 Å². The van der Waals surface area contributed by atoms with Gasteiger partial charge >= 0.3 is 0 Å². The number of aliphatic hydroxyl groups is 1. The van der Waals surface area contributed by atoms with Gasteiger partial charge in [0.15, 0.2) is 0 Å². The van der Waals surface area contributed by atoms with E-state index in [1.54, 1.807) is 0 Å². The van der Waals surface area contributed by atoms with Gasteiger partial charge in [-0.1, -0.05) is 12.8 Å². The highest BCUT2D eigenvalue weighted by atomic mass is 32.2. The van der Waals surface area contributed by atoms with E-state index in [-0.39, 0.29) is 29.9 Å². The number of sulfonamides is 1. The van der Waals surface area contributed by atoms with Crippen molar-refractivity contribution >= 4 is 10.0 Å². The Labute approximate surface area is 118 Å². The first-order valence-corrected chi connectivity index (χ1v) is 8.30. The molecule has 0 amide bonds. The number of hydrogen-bond acceptors (Lipinski definition) is 4. The molecule has 1 aliphatic carbocycles. The maximum Gasteiger partial charge on any atom is 0.245 e. The largest absolute Gasteiger partial charge is 0.396 e. The molecule has 0 radical (unpaired) electrons. The van der Waals surface area contributed by atoms with Crippen LogP contribution in [0.3, 0.4) is 0 Å². The number of aromatic nitrogens is 1. The topological polar surface area (TPSA) is 99.3 Å². The molecule has 2 rings (SSSR count). The Morgan fingerprint density at radius 2 is 2.00 bits per heavy atom. The van der Waals surface area contributed by atoms with Crippen LogP contribution in [-0.4, -0.2) is 31.7 Å². The second-order valence-corrected chi connectivity index (χ2v) is 6.95. The fourth-order valence-electron chi connectivity index (χ4n) is 2.70. The number of rotatable bonds is 5. The molecule has 112 valence electrons. The Morgan fingerprint density at radius 1 is 1.30 bits per heavy atom. The van der Waals surface area contributed by atoms with Crippen LogP contribution in [0.2, 0.25) is 0 Å². The average Bonchev–Trinajstić information content (AvgIpc) is 2.46. The molecule has 7 heteroatoms. The monoisotopic (exact) mass is 300 g/mol. The van der Waals surface area contributed by atoms with Crippen molar-refractivity contribution in [1.29, 1.82) is 0 Å². The number of pyridine rings is 1. The van der Waals surface area contributed by atoms with Crippen LogP contribution in [0.1, 0.15) is 25.7 Å². The Balaban J connectivity index is 2.06. The minimum Gasteiger partial charge on any atom is -0.396 e. The van der Waals surface area contributed by atoms with E-state index < -0.39 is 15.5 Å². The molecule has 1 fully saturated rings. The molecule has 1 aromatic heterocycles. The number of aliphatic hydroxyl groups excluding tert-OH is 1. The van der Waals surface area contributed by atoms with Gasteiger partial charge in [-0.2, -0.15) is 0 Å². The predicted octanol–water partition coefficient (Wildman–Crippen LogP) is 0.452. The van der Waals surface area contributed by atoms with Gasteiger partial charge < -0.3 is 10.1 Å². The quantitative estimate of drug-likeness (QED) is 0.735. The van der Waals surface area contributed by atoms with Gasteiger partial charge in [-0.3, -0.25) is 4.79 Å². The first-order chi connectivity index (χ1) is 9.54. The summed E-state index contributed by atoms with van der Waals surface area (Å²) in [5.74, 6) is 0.270. The van der Waals surface area contributed by atoms with Gasteiger partial charge in [0.1, 0.15) is 4.90 Å². The standard InChI is InChI=1S/C13H20N2O4S/c16-9-11-4-2-1-3-10(11)7-15-20(18,19)13-8-14-6-5-12(13)17/h5-6,8,10-11,15-16H,1-4,7,9H2,(H,14,17). The van der Waals surface area contributed by atoms with Crippen molar-refractivity contribution in [3.63, 3.8) is 0 Å². The fraction of sp³-hybridized carbons (Fsp3) is 0.615. The summed E-state index contributed by atoms with van der Waals surface area (Å²) < 4.78 is 26.7. The number of aromatic amines is 1. The molecule has 0 aliphatic heterocycles. The fourth-order valence-corrected chi connectivity index (χ4v) is 3.84. The lowest BCUT2D eigenvalue weighted by Crippen LogP contribution is -2.36. The van der Waals surface area contributed by atoms with Crippen LogP contribution >= 0.6 is 0 Å². The lowest BCUT2D eigenvalue weighted by atomic mass is 9.80. The summed E-state index contributed by atoms with van der Waals surface area (Å²) in [4.78, 5) is 13.9. The van der Waals surface area contributed by atoms with Crippen molar-refractivity contribution in [3.8, 4) is 0 Å². The number of H-pyrrole nitrogens is 1. The van der Waals surface area contributed by atoms with Gasteiger partial charge in [0.25, 0.3) is 0 Å². The van der Waals surface area contributed by atoms with Crippen LogP contribution in [0, 0.1) is 11.8 Å². The van der Waals surface area contributed by atoms with E-state index in [1.807, 2.05) is 0 Å². The zero-order valence-corrected chi connectivity index (χ0v) is 12.0. The molecule has 1 aliphatic rings. The van der Waals surface area contributed by atoms with Gasteiger partial charge in [0, 0.05) is 31.6 Å². The Bertz CT molecular complexity index is 596. The van der Waals surface area contributed by atoms with E-state index in [1.165, 1.54) is 18.5 Å². The number of nitrogens with one attached hydrogen (secondary N) is 2. The minimum atomic E-state index is -3.80. The minimum absolute atomic E-state index is 0.0817. The number of hydrogen-bond donors (Lipinski definition) is 3. The lowest BCUT2D eigenvalue weighted by molar-refractivity contribution is 0.136. The molecule has 6 nitrogen and oxygen atoms in total. The molecular formula is C13H20N2O4S. The van der Waals surface area contributed by atoms with Crippen LogP contribution < -0.4 is 10.2 Å². The summed E-state index contributed by atoms with van der Waals surface area (Å²) >= 11 is 0. The van der Waals surface area contributed by atoms with Crippen molar-refractivity contribution in [1.82, 2.24) is 9.71 Å².